The van der Waals surface area contributed by atoms with Crippen LogP contribution in [0, 0.1) is 17.6 Å². The van der Waals surface area contributed by atoms with Gasteiger partial charge >= 0.3 is 0 Å². The van der Waals surface area contributed by atoms with Crippen LogP contribution in [0.2, 0.25) is 0 Å². The number of Topliss-reactive ketones (excluding diaryl/α,β-unsaturated/α-hetero) is 1. The first kappa shape index (κ1) is 10.8. The Hall–Kier alpha value is -1.71. The van der Waals surface area contributed by atoms with Crippen molar-refractivity contribution in [2.75, 3.05) is 0 Å². The van der Waals surface area contributed by atoms with Crippen LogP contribution in [-0.4, -0.2) is 5.78 Å². The number of rotatable bonds is 2. The predicted octanol–water partition coefficient (Wildman–Crippen LogP) is 3.55. The van der Waals surface area contributed by atoms with E-state index >= 15 is 0 Å². The highest BCUT2D eigenvalue weighted by Gasteiger charge is 2.19. The number of carbonyl (C=O) groups is 1. The molecule has 1 aromatic heterocycles. The molecule has 0 saturated carbocycles. The maximum absolute atomic E-state index is 13.3. The lowest BCUT2D eigenvalue weighted by Crippen LogP contribution is -2.05. The molecule has 1 heterocycles. The van der Waals surface area contributed by atoms with E-state index in [1.807, 2.05) is 0 Å². The van der Waals surface area contributed by atoms with Crippen LogP contribution in [0.25, 0.3) is 11.0 Å². The molecular formula is C12H10F2O2. The molecule has 2 nitrogen and oxygen atoms in total. The summed E-state index contributed by atoms with van der Waals surface area (Å²) >= 11 is 0. The molecule has 0 radical (unpaired) electrons. The minimum atomic E-state index is -0.667. The number of benzene rings is 1. The van der Waals surface area contributed by atoms with Crippen LogP contribution in [0.15, 0.2) is 22.6 Å². The minimum absolute atomic E-state index is 0.00370. The number of furan rings is 1. The molecule has 2 rings (SSSR count). The van der Waals surface area contributed by atoms with E-state index in [0.29, 0.717) is 0 Å². The highest BCUT2D eigenvalue weighted by atomic mass is 19.1. The molecule has 1 aromatic carbocycles. The summed E-state index contributed by atoms with van der Waals surface area (Å²) in [4.78, 5) is 11.6. The zero-order valence-corrected chi connectivity index (χ0v) is 8.88. The van der Waals surface area contributed by atoms with Gasteiger partial charge in [0.05, 0.1) is 5.39 Å². The molecule has 0 aliphatic heterocycles. The molecule has 16 heavy (non-hydrogen) atoms. The third-order valence-electron chi connectivity index (χ3n) is 2.35. The van der Waals surface area contributed by atoms with Crippen molar-refractivity contribution < 1.29 is 18.0 Å². The molecule has 0 amide bonds. The van der Waals surface area contributed by atoms with Gasteiger partial charge in [-0.2, -0.15) is 0 Å². The van der Waals surface area contributed by atoms with Crippen LogP contribution in [0.3, 0.4) is 0 Å². The summed E-state index contributed by atoms with van der Waals surface area (Å²) in [5, 5.41) is 0.00370. The monoisotopic (exact) mass is 224 g/mol. The van der Waals surface area contributed by atoms with E-state index in [0.717, 1.165) is 12.1 Å². The van der Waals surface area contributed by atoms with E-state index in [1.54, 1.807) is 13.8 Å². The smallest absolute Gasteiger partial charge is 0.200 e. The van der Waals surface area contributed by atoms with Gasteiger partial charge in [-0.3, -0.25) is 4.79 Å². The Morgan fingerprint density at radius 3 is 2.44 bits per heavy atom. The lowest BCUT2D eigenvalue weighted by molar-refractivity contribution is 0.0913. The summed E-state index contributed by atoms with van der Waals surface area (Å²) < 4.78 is 31.6. The fourth-order valence-corrected chi connectivity index (χ4v) is 1.46. The summed E-state index contributed by atoms with van der Waals surface area (Å²) in [6.07, 6.45) is 0. The molecule has 0 unspecified atom stereocenters. The van der Waals surface area contributed by atoms with Crippen LogP contribution in [0.1, 0.15) is 24.4 Å². The third kappa shape index (κ3) is 1.60. The second kappa shape index (κ2) is 3.70. The molecule has 0 saturated heterocycles. The van der Waals surface area contributed by atoms with Crippen LogP contribution < -0.4 is 0 Å². The van der Waals surface area contributed by atoms with Gasteiger partial charge in [-0.05, 0) is 18.2 Å². The summed E-state index contributed by atoms with van der Waals surface area (Å²) in [5.74, 6) is -1.81. The van der Waals surface area contributed by atoms with Crippen LogP contribution in [-0.2, 0) is 0 Å². The fourth-order valence-electron chi connectivity index (χ4n) is 1.46. The Morgan fingerprint density at radius 1 is 1.25 bits per heavy atom. The Balaban J connectivity index is 2.64. The first-order chi connectivity index (χ1) is 7.50. The molecule has 0 aliphatic carbocycles. The van der Waals surface area contributed by atoms with Crippen LogP contribution in [0.5, 0.6) is 0 Å². The van der Waals surface area contributed by atoms with Gasteiger partial charge in [0, 0.05) is 5.92 Å². The van der Waals surface area contributed by atoms with Gasteiger partial charge in [-0.1, -0.05) is 13.8 Å². The summed E-state index contributed by atoms with van der Waals surface area (Å²) in [5.41, 5.74) is -0.205. The molecule has 84 valence electrons. The molecule has 4 heteroatoms. The first-order valence-electron chi connectivity index (χ1n) is 4.92. The maximum atomic E-state index is 13.3. The molecule has 0 atom stereocenters. The number of carbonyl (C=O) groups excluding carboxylic acids is 1. The van der Waals surface area contributed by atoms with Gasteiger partial charge in [-0.25, -0.2) is 8.78 Å². The Morgan fingerprint density at radius 2 is 1.88 bits per heavy atom. The van der Waals surface area contributed by atoms with Gasteiger partial charge in [0.15, 0.2) is 17.2 Å². The van der Waals surface area contributed by atoms with E-state index in [-0.39, 0.29) is 28.4 Å². The molecule has 0 aliphatic rings. The second-order valence-electron chi connectivity index (χ2n) is 3.90. The van der Waals surface area contributed by atoms with Crippen molar-refractivity contribution >= 4 is 16.8 Å². The average Bonchev–Trinajstić information content (AvgIpc) is 2.68. The molecule has 0 N–H and O–H groups in total. The first-order valence-corrected chi connectivity index (χ1v) is 4.92. The Kier molecular flexibility index (Phi) is 2.50. The number of ketones is 1. The quantitative estimate of drug-likeness (QED) is 0.730. The lowest BCUT2D eigenvalue weighted by atomic mass is 10.1. The normalized spacial score (nSPS) is 11.3. The van der Waals surface area contributed by atoms with Crippen molar-refractivity contribution in [1.82, 2.24) is 0 Å². The number of halogens is 2. The van der Waals surface area contributed by atoms with Gasteiger partial charge in [-0.15, -0.1) is 0 Å². The molecule has 2 aromatic rings. The molecule has 0 spiro atoms. The third-order valence-corrected chi connectivity index (χ3v) is 2.35. The van der Waals surface area contributed by atoms with E-state index < -0.39 is 11.6 Å². The zero-order valence-electron chi connectivity index (χ0n) is 8.88. The zero-order chi connectivity index (χ0) is 11.9. The highest BCUT2D eigenvalue weighted by molar-refractivity contribution is 5.98. The number of fused-ring (bicyclic) bond motifs is 1. The van der Waals surface area contributed by atoms with Crippen molar-refractivity contribution in [2.45, 2.75) is 13.8 Å². The number of hydrogen-bond acceptors (Lipinski definition) is 2. The van der Waals surface area contributed by atoms with Crippen molar-refractivity contribution in [1.29, 1.82) is 0 Å². The standard InChI is InChI=1S/C12H10F2O2/c1-6(2)11(15)10-5-7-8(13)3-4-9(14)12(7)16-10/h3-6H,1-2H3. The van der Waals surface area contributed by atoms with E-state index in [9.17, 15) is 13.6 Å². The van der Waals surface area contributed by atoms with Crippen LogP contribution in [0.4, 0.5) is 8.78 Å². The predicted molar refractivity (Wildman–Crippen MR) is 55.3 cm³/mol. The topological polar surface area (TPSA) is 30.2 Å². The van der Waals surface area contributed by atoms with Crippen LogP contribution >= 0.6 is 0 Å². The Bertz CT molecular complexity index is 516. The van der Waals surface area contributed by atoms with E-state index in [1.165, 1.54) is 6.07 Å². The average molecular weight is 224 g/mol. The van der Waals surface area contributed by atoms with Crippen molar-refractivity contribution in [3.8, 4) is 0 Å². The van der Waals surface area contributed by atoms with E-state index in [2.05, 4.69) is 0 Å². The SMILES string of the molecule is CC(C)C(=O)c1cc2c(F)ccc(F)c2o1. The Labute approximate surface area is 90.9 Å². The maximum Gasteiger partial charge on any atom is 0.200 e. The van der Waals surface area contributed by atoms with Gasteiger partial charge < -0.3 is 4.42 Å². The molecular weight excluding hydrogens is 214 g/mol. The van der Waals surface area contributed by atoms with Crippen molar-refractivity contribution in [2.24, 2.45) is 5.92 Å². The van der Waals surface area contributed by atoms with E-state index in [4.69, 9.17) is 4.42 Å². The second-order valence-corrected chi connectivity index (χ2v) is 3.90. The van der Waals surface area contributed by atoms with Crippen molar-refractivity contribution in [3.05, 3.63) is 35.6 Å². The largest absolute Gasteiger partial charge is 0.450 e. The summed E-state index contributed by atoms with van der Waals surface area (Å²) in [6.45, 7) is 3.39. The van der Waals surface area contributed by atoms with Crippen molar-refractivity contribution in [3.63, 3.8) is 0 Å². The van der Waals surface area contributed by atoms with Gasteiger partial charge in [0.1, 0.15) is 5.82 Å². The summed E-state index contributed by atoms with van der Waals surface area (Å²) in [7, 11) is 0. The fraction of sp³-hybridized carbons (Fsp3) is 0.250. The number of hydrogen-bond donors (Lipinski definition) is 0. The lowest BCUT2D eigenvalue weighted by Gasteiger charge is -1.97. The minimum Gasteiger partial charge on any atom is -0.450 e. The van der Waals surface area contributed by atoms with Gasteiger partial charge in [0.2, 0.25) is 5.78 Å². The summed E-state index contributed by atoms with van der Waals surface area (Å²) in [6, 6.07) is 3.23. The molecule has 0 fully saturated rings. The highest BCUT2D eigenvalue weighted by Crippen LogP contribution is 2.26. The van der Waals surface area contributed by atoms with Gasteiger partial charge in [0.25, 0.3) is 0 Å². The molecule has 0 bridgehead atoms.